The van der Waals surface area contributed by atoms with Gasteiger partial charge in [-0.05, 0) is 12.1 Å². The molecule has 6 heteroatoms. The SMILES string of the molecule is Cc1nc2c(C(=O)c3ccccc3)n(-c3ccccc3)nc2c(=O)o1. The van der Waals surface area contributed by atoms with E-state index in [1.54, 1.807) is 31.2 Å². The van der Waals surface area contributed by atoms with Gasteiger partial charge in [0.1, 0.15) is 11.2 Å². The number of benzene rings is 2. The number of carbonyl (C=O) groups excluding carboxylic acids is 1. The van der Waals surface area contributed by atoms with Crippen LogP contribution in [0.3, 0.4) is 0 Å². The first-order valence-corrected chi connectivity index (χ1v) is 7.71. The second kappa shape index (κ2) is 5.83. The van der Waals surface area contributed by atoms with Crippen LogP contribution in [0.5, 0.6) is 0 Å². The molecule has 0 aliphatic carbocycles. The number of hydrogen-bond donors (Lipinski definition) is 0. The molecule has 122 valence electrons. The number of fused-ring (bicyclic) bond motifs is 1. The monoisotopic (exact) mass is 331 g/mol. The fourth-order valence-electron chi connectivity index (χ4n) is 2.70. The van der Waals surface area contributed by atoms with Crippen LogP contribution in [0.4, 0.5) is 0 Å². The van der Waals surface area contributed by atoms with Crippen LogP contribution in [0.15, 0.2) is 69.9 Å². The number of rotatable bonds is 3. The molecule has 0 radical (unpaired) electrons. The third-order valence-corrected chi connectivity index (χ3v) is 3.82. The van der Waals surface area contributed by atoms with Gasteiger partial charge in [0, 0.05) is 12.5 Å². The van der Waals surface area contributed by atoms with Crippen molar-refractivity contribution in [3.63, 3.8) is 0 Å². The van der Waals surface area contributed by atoms with Crippen LogP contribution in [0, 0.1) is 6.92 Å². The van der Waals surface area contributed by atoms with E-state index in [2.05, 4.69) is 10.1 Å². The zero-order valence-electron chi connectivity index (χ0n) is 13.3. The maximum absolute atomic E-state index is 13.1. The molecule has 2 aromatic heterocycles. The number of para-hydroxylation sites is 1. The Morgan fingerprint density at radius 1 is 0.960 bits per heavy atom. The highest BCUT2D eigenvalue weighted by Gasteiger charge is 2.24. The average Bonchev–Trinajstić information content (AvgIpc) is 3.02. The molecule has 0 spiro atoms. The van der Waals surface area contributed by atoms with E-state index in [-0.39, 0.29) is 28.4 Å². The fraction of sp³-hybridized carbons (Fsp3) is 0.0526. The lowest BCUT2D eigenvalue weighted by molar-refractivity contribution is 0.103. The van der Waals surface area contributed by atoms with Crippen molar-refractivity contribution >= 4 is 16.8 Å². The first-order valence-electron chi connectivity index (χ1n) is 7.71. The second-order valence-corrected chi connectivity index (χ2v) is 5.51. The summed E-state index contributed by atoms with van der Waals surface area (Å²) in [6.07, 6.45) is 0. The highest BCUT2D eigenvalue weighted by Crippen LogP contribution is 2.21. The predicted molar refractivity (Wildman–Crippen MR) is 92.0 cm³/mol. The van der Waals surface area contributed by atoms with Crippen molar-refractivity contribution in [3.8, 4) is 5.69 Å². The number of carbonyl (C=O) groups is 1. The number of ketones is 1. The van der Waals surface area contributed by atoms with Crippen molar-refractivity contribution in [3.05, 3.63) is 88.2 Å². The number of aryl methyl sites for hydroxylation is 1. The van der Waals surface area contributed by atoms with Crippen LogP contribution in [0.2, 0.25) is 0 Å². The van der Waals surface area contributed by atoms with Gasteiger partial charge in [0.25, 0.3) is 0 Å². The van der Waals surface area contributed by atoms with E-state index in [1.807, 2.05) is 36.4 Å². The van der Waals surface area contributed by atoms with Gasteiger partial charge in [-0.3, -0.25) is 4.79 Å². The summed E-state index contributed by atoms with van der Waals surface area (Å²) >= 11 is 0. The Labute approximate surface area is 142 Å². The van der Waals surface area contributed by atoms with Crippen molar-refractivity contribution < 1.29 is 9.21 Å². The van der Waals surface area contributed by atoms with Gasteiger partial charge >= 0.3 is 5.63 Å². The van der Waals surface area contributed by atoms with Crippen molar-refractivity contribution in [1.29, 1.82) is 0 Å². The zero-order chi connectivity index (χ0) is 17.4. The summed E-state index contributed by atoms with van der Waals surface area (Å²) in [5, 5.41) is 4.30. The van der Waals surface area contributed by atoms with Gasteiger partial charge in [0.05, 0.1) is 5.69 Å². The van der Waals surface area contributed by atoms with E-state index >= 15 is 0 Å². The molecule has 2 aromatic carbocycles. The predicted octanol–water partition coefficient (Wildman–Crippen LogP) is 2.91. The van der Waals surface area contributed by atoms with Gasteiger partial charge in [-0.1, -0.05) is 48.5 Å². The molecular formula is C19H13N3O3. The summed E-state index contributed by atoms with van der Waals surface area (Å²) in [5.41, 5.74) is 1.06. The van der Waals surface area contributed by atoms with Gasteiger partial charge < -0.3 is 4.42 Å². The summed E-state index contributed by atoms with van der Waals surface area (Å²) in [6, 6.07) is 18.0. The minimum Gasteiger partial charge on any atom is -0.407 e. The Bertz CT molecular complexity index is 1130. The van der Waals surface area contributed by atoms with Gasteiger partial charge in [-0.25, -0.2) is 14.5 Å². The molecule has 0 saturated heterocycles. The molecular weight excluding hydrogens is 318 g/mol. The standard InChI is InChI=1S/C19H13N3O3/c1-12-20-15-16(19(24)25-12)21-22(14-10-6-3-7-11-14)17(15)18(23)13-8-4-2-5-9-13/h2-11H,1H3. The largest absolute Gasteiger partial charge is 0.407 e. The molecule has 0 fully saturated rings. The molecule has 0 aliphatic rings. The lowest BCUT2D eigenvalue weighted by atomic mass is 10.1. The van der Waals surface area contributed by atoms with E-state index in [0.29, 0.717) is 11.3 Å². The van der Waals surface area contributed by atoms with Crippen molar-refractivity contribution in [2.24, 2.45) is 0 Å². The van der Waals surface area contributed by atoms with Gasteiger partial charge in [-0.2, -0.15) is 5.10 Å². The molecule has 0 atom stereocenters. The summed E-state index contributed by atoms with van der Waals surface area (Å²) in [5.74, 6) is -0.0725. The highest BCUT2D eigenvalue weighted by molar-refractivity contribution is 6.14. The second-order valence-electron chi connectivity index (χ2n) is 5.51. The molecule has 0 amide bonds. The van der Waals surface area contributed by atoms with E-state index < -0.39 is 5.63 Å². The van der Waals surface area contributed by atoms with Crippen LogP contribution in [-0.4, -0.2) is 20.5 Å². The third kappa shape index (κ3) is 2.53. The average molecular weight is 331 g/mol. The molecule has 0 N–H and O–H groups in total. The van der Waals surface area contributed by atoms with Gasteiger partial charge in [0.2, 0.25) is 5.78 Å². The maximum atomic E-state index is 13.1. The highest BCUT2D eigenvalue weighted by atomic mass is 16.4. The maximum Gasteiger partial charge on any atom is 0.367 e. The van der Waals surface area contributed by atoms with Crippen LogP contribution < -0.4 is 5.63 Å². The number of nitrogens with zero attached hydrogens (tertiary/aromatic N) is 3. The molecule has 2 heterocycles. The first-order chi connectivity index (χ1) is 12.1. The molecule has 4 rings (SSSR count). The van der Waals surface area contributed by atoms with Crippen molar-refractivity contribution in [1.82, 2.24) is 14.8 Å². The smallest absolute Gasteiger partial charge is 0.367 e. The number of hydrogen-bond acceptors (Lipinski definition) is 5. The molecule has 4 aromatic rings. The van der Waals surface area contributed by atoms with E-state index in [4.69, 9.17) is 4.42 Å². The molecule has 0 saturated carbocycles. The fourth-order valence-corrected chi connectivity index (χ4v) is 2.70. The topological polar surface area (TPSA) is 78.0 Å². The van der Waals surface area contributed by atoms with Gasteiger partial charge in [-0.15, -0.1) is 0 Å². The normalized spacial score (nSPS) is 10.9. The number of aromatic nitrogens is 3. The summed E-state index contributed by atoms with van der Waals surface area (Å²) in [6.45, 7) is 1.57. The third-order valence-electron chi connectivity index (χ3n) is 3.82. The summed E-state index contributed by atoms with van der Waals surface area (Å²) in [4.78, 5) is 29.5. The minimum absolute atomic E-state index is 0.0359. The molecule has 6 nitrogen and oxygen atoms in total. The van der Waals surface area contributed by atoms with Crippen LogP contribution in [0.25, 0.3) is 16.7 Å². The van der Waals surface area contributed by atoms with E-state index in [9.17, 15) is 9.59 Å². The summed E-state index contributed by atoms with van der Waals surface area (Å²) in [7, 11) is 0. The quantitative estimate of drug-likeness (QED) is 0.539. The molecule has 0 unspecified atom stereocenters. The van der Waals surface area contributed by atoms with Crippen LogP contribution in [-0.2, 0) is 0 Å². The Hall–Kier alpha value is -3.54. The molecule has 0 aliphatic heterocycles. The van der Waals surface area contributed by atoms with Crippen molar-refractivity contribution in [2.75, 3.05) is 0 Å². The molecule has 0 bridgehead atoms. The van der Waals surface area contributed by atoms with Crippen molar-refractivity contribution in [2.45, 2.75) is 6.92 Å². The van der Waals surface area contributed by atoms with Gasteiger partial charge in [0.15, 0.2) is 11.4 Å². The van der Waals surface area contributed by atoms with Crippen LogP contribution in [0.1, 0.15) is 21.9 Å². The lowest BCUT2D eigenvalue weighted by Gasteiger charge is -2.06. The van der Waals surface area contributed by atoms with E-state index in [1.165, 1.54) is 4.68 Å². The van der Waals surface area contributed by atoms with Crippen LogP contribution >= 0.6 is 0 Å². The van der Waals surface area contributed by atoms with E-state index in [0.717, 1.165) is 0 Å². The zero-order valence-corrected chi connectivity index (χ0v) is 13.3. The summed E-state index contributed by atoms with van der Waals surface area (Å²) < 4.78 is 6.47. The lowest BCUT2D eigenvalue weighted by Crippen LogP contribution is -2.10. The Balaban J connectivity index is 2.07. The first kappa shape index (κ1) is 15.0. The molecule has 25 heavy (non-hydrogen) atoms. The Morgan fingerprint density at radius 3 is 2.28 bits per heavy atom. The Kier molecular flexibility index (Phi) is 3.50. The minimum atomic E-state index is -0.612. The Morgan fingerprint density at radius 2 is 1.60 bits per heavy atom.